The highest BCUT2D eigenvalue weighted by atomic mass is 32.2. The van der Waals surface area contributed by atoms with Crippen molar-refractivity contribution in [3.05, 3.63) is 89.7 Å². The third kappa shape index (κ3) is 4.76. The van der Waals surface area contributed by atoms with Crippen LogP contribution in [0.5, 0.6) is 0 Å². The van der Waals surface area contributed by atoms with E-state index in [0.29, 0.717) is 12.3 Å². The summed E-state index contributed by atoms with van der Waals surface area (Å²) in [7, 11) is 4.12. The first-order valence-electron chi connectivity index (χ1n) is 10.9. The minimum atomic E-state index is 0.0993. The zero-order valence-electron chi connectivity index (χ0n) is 18.7. The van der Waals surface area contributed by atoms with Crippen LogP contribution < -0.4 is 0 Å². The second-order valence-electron chi connectivity index (χ2n) is 8.04. The number of hydrogen-bond donors (Lipinski definition) is 0. The van der Waals surface area contributed by atoms with Crippen LogP contribution in [-0.4, -0.2) is 45.3 Å². The number of ketones is 1. The van der Waals surface area contributed by atoms with Gasteiger partial charge in [0.1, 0.15) is 0 Å². The Kier molecular flexibility index (Phi) is 7.02. The van der Waals surface area contributed by atoms with Crippen molar-refractivity contribution < 1.29 is 4.79 Å². The molecule has 0 amide bonds. The van der Waals surface area contributed by atoms with Crippen LogP contribution in [-0.2, 0) is 6.54 Å². The van der Waals surface area contributed by atoms with Crippen molar-refractivity contribution in [2.75, 3.05) is 19.8 Å². The number of nitrogens with zero attached hydrogens (tertiary/aromatic N) is 4. The zero-order chi connectivity index (χ0) is 22.5. The molecule has 4 rings (SSSR count). The lowest BCUT2D eigenvalue weighted by atomic mass is 10.0. The number of benzene rings is 3. The number of carbonyl (C=O) groups excluding carboxylic acids is 1. The van der Waals surface area contributed by atoms with Gasteiger partial charge in [-0.25, -0.2) is 0 Å². The fourth-order valence-corrected chi connectivity index (χ4v) is 4.85. The number of aromatic nitrogens is 3. The van der Waals surface area contributed by atoms with Gasteiger partial charge in [0.05, 0.1) is 18.3 Å². The van der Waals surface area contributed by atoms with E-state index in [1.807, 2.05) is 60.7 Å². The summed E-state index contributed by atoms with van der Waals surface area (Å²) in [6.45, 7) is 2.83. The fraction of sp³-hybridized carbons (Fsp3) is 0.269. The molecular formula is C26H28N4OS. The second kappa shape index (κ2) is 10.1. The standard InChI is InChI=1S/C26H28N4OS/c1-4-23(29(2)3)25-27-28-26(30(25)17-19-11-6-5-7-12-19)32-18-24(31)22-16-10-14-20-13-8-9-15-21(20)22/h5-16,23H,4,17-18H2,1-3H3. The lowest BCUT2D eigenvalue weighted by Crippen LogP contribution is -2.23. The molecule has 0 aliphatic heterocycles. The molecule has 0 N–H and O–H groups in total. The molecule has 0 saturated heterocycles. The molecule has 164 valence electrons. The first-order valence-corrected chi connectivity index (χ1v) is 11.8. The highest BCUT2D eigenvalue weighted by molar-refractivity contribution is 7.99. The van der Waals surface area contributed by atoms with E-state index in [0.717, 1.165) is 33.7 Å². The maximum absolute atomic E-state index is 13.1. The molecule has 0 radical (unpaired) electrons. The number of Topliss-reactive ketones (excluding diaryl/α,β-unsaturated/α-hetero) is 1. The van der Waals surface area contributed by atoms with Crippen LogP contribution in [0.15, 0.2) is 78.0 Å². The molecule has 0 saturated carbocycles. The van der Waals surface area contributed by atoms with Crippen LogP contribution in [0, 0.1) is 0 Å². The van der Waals surface area contributed by atoms with Gasteiger partial charge < -0.3 is 4.57 Å². The summed E-state index contributed by atoms with van der Waals surface area (Å²) < 4.78 is 2.16. The molecule has 1 atom stereocenters. The third-order valence-electron chi connectivity index (χ3n) is 5.66. The predicted molar refractivity (Wildman–Crippen MR) is 131 cm³/mol. The molecule has 0 aliphatic rings. The Morgan fingerprint density at radius 1 is 0.969 bits per heavy atom. The summed E-state index contributed by atoms with van der Waals surface area (Å²) in [5.41, 5.74) is 1.94. The second-order valence-corrected chi connectivity index (χ2v) is 8.98. The first-order chi connectivity index (χ1) is 15.6. The summed E-state index contributed by atoms with van der Waals surface area (Å²) in [6, 6.07) is 24.4. The van der Waals surface area contributed by atoms with Crippen molar-refractivity contribution in [3.8, 4) is 0 Å². The number of carbonyl (C=O) groups is 1. The maximum Gasteiger partial charge on any atom is 0.192 e. The molecule has 0 fully saturated rings. The summed E-state index contributed by atoms with van der Waals surface area (Å²) in [5, 5.41) is 11.9. The third-order valence-corrected chi connectivity index (χ3v) is 6.63. The SMILES string of the molecule is CCC(c1nnc(SCC(=O)c2cccc3ccccc23)n1Cc1ccccc1)N(C)C. The summed E-state index contributed by atoms with van der Waals surface area (Å²) >= 11 is 1.46. The van der Waals surface area contributed by atoms with Gasteiger partial charge in [-0.05, 0) is 36.9 Å². The van der Waals surface area contributed by atoms with Gasteiger partial charge in [0.2, 0.25) is 0 Å². The average molecular weight is 445 g/mol. The molecule has 1 aromatic heterocycles. The molecule has 1 unspecified atom stereocenters. The Hall–Kier alpha value is -2.96. The van der Waals surface area contributed by atoms with E-state index >= 15 is 0 Å². The smallest absolute Gasteiger partial charge is 0.192 e. The van der Waals surface area contributed by atoms with Crippen LogP contribution in [0.3, 0.4) is 0 Å². The van der Waals surface area contributed by atoms with Crippen molar-refractivity contribution in [2.45, 2.75) is 31.1 Å². The largest absolute Gasteiger partial charge is 0.300 e. The summed E-state index contributed by atoms with van der Waals surface area (Å²) in [5.74, 6) is 1.35. The van der Waals surface area contributed by atoms with Gasteiger partial charge in [-0.15, -0.1) is 10.2 Å². The summed E-state index contributed by atoms with van der Waals surface area (Å²) in [6.07, 6.45) is 0.930. The van der Waals surface area contributed by atoms with Gasteiger partial charge in [-0.2, -0.15) is 0 Å². The molecule has 4 aromatic rings. The van der Waals surface area contributed by atoms with Crippen molar-refractivity contribution >= 4 is 28.3 Å². The van der Waals surface area contributed by atoms with Crippen LogP contribution in [0.25, 0.3) is 10.8 Å². The lowest BCUT2D eigenvalue weighted by Gasteiger charge is -2.23. The molecule has 3 aromatic carbocycles. The van der Waals surface area contributed by atoms with Crippen molar-refractivity contribution in [3.63, 3.8) is 0 Å². The maximum atomic E-state index is 13.1. The van der Waals surface area contributed by atoms with Crippen LogP contribution in [0.1, 0.15) is 41.1 Å². The monoisotopic (exact) mass is 444 g/mol. The molecule has 0 bridgehead atoms. The molecule has 0 spiro atoms. The first kappa shape index (κ1) is 22.2. The number of rotatable bonds is 9. The Morgan fingerprint density at radius 2 is 1.69 bits per heavy atom. The van der Waals surface area contributed by atoms with Gasteiger partial charge >= 0.3 is 0 Å². The van der Waals surface area contributed by atoms with E-state index in [2.05, 4.69) is 52.8 Å². The summed E-state index contributed by atoms with van der Waals surface area (Å²) in [4.78, 5) is 15.3. The molecule has 6 heteroatoms. The molecule has 32 heavy (non-hydrogen) atoms. The normalized spacial score (nSPS) is 12.4. The van der Waals surface area contributed by atoms with Gasteiger partial charge in [0, 0.05) is 5.56 Å². The van der Waals surface area contributed by atoms with Gasteiger partial charge in [0.25, 0.3) is 0 Å². The number of thioether (sulfide) groups is 1. The topological polar surface area (TPSA) is 51.0 Å². The van der Waals surface area contributed by atoms with Crippen molar-refractivity contribution in [1.82, 2.24) is 19.7 Å². The quantitative estimate of drug-likeness (QED) is 0.253. The minimum absolute atomic E-state index is 0.0993. The van der Waals surface area contributed by atoms with Gasteiger partial charge in [-0.3, -0.25) is 9.69 Å². The Morgan fingerprint density at radius 3 is 2.44 bits per heavy atom. The van der Waals surface area contributed by atoms with Crippen LogP contribution in [0.2, 0.25) is 0 Å². The van der Waals surface area contributed by atoms with Crippen LogP contribution >= 0.6 is 11.8 Å². The van der Waals surface area contributed by atoms with Crippen LogP contribution in [0.4, 0.5) is 0 Å². The van der Waals surface area contributed by atoms with E-state index < -0.39 is 0 Å². The fourth-order valence-electron chi connectivity index (χ4n) is 4.02. The molecule has 5 nitrogen and oxygen atoms in total. The zero-order valence-corrected chi connectivity index (χ0v) is 19.5. The highest BCUT2D eigenvalue weighted by Crippen LogP contribution is 2.27. The predicted octanol–water partition coefficient (Wildman–Crippen LogP) is 5.47. The van der Waals surface area contributed by atoms with E-state index in [1.165, 1.54) is 17.3 Å². The Bertz CT molecular complexity index is 1200. The molecule has 0 aliphatic carbocycles. The van der Waals surface area contributed by atoms with E-state index in [1.54, 1.807) is 0 Å². The Balaban J connectivity index is 1.61. The van der Waals surface area contributed by atoms with E-state index in [4.69, 9.17) is 0 Å². The Labute approximate surface area is 193 Å². The minimum Gasteiger partial charge on any atom is -0.300 e. The number of fused-ring (bicyclic) bond motifs is 1. The average Bonchev–Trinajstić information content (AvgIpc) is 3.20. The van der Waals surface area contributed by atoms with Gasteiger partial charge in [0.15, 0.2) is 16.8 Å². The number of hydrogen-bond acceptors (Lipinski definition) is 5. The van der Waals surface area contributed by atoms with E-state index in [-0.39, 0.29) is 11.8 Å². The molecule has 1 heterocycles. The molecular weight excluding hydrogens is 416 g/mol. The lowest BCUT2D eigenvalue weighted by molar-refractivity contribution is 0.102. The van der Waals surface area contributed by atoms with Crippen molar-refractivity contribution in [1.29, 1.82) is 0 Å². The van der Waals surface area contributed by atoms with Crippen molar-refractivity contribution in [2.24, 2.45) is 0 Å². The highest BCUT2D eigenvalue weighted by Gasteiger charge is 2.23. The van der Waals surface area contributed by atoms with E-state index in [9.17, 15) is 4.79 Å². The van der Waals surface area contributed by atoms with Gasteiger partial charge in [-0.1, -0.05) is 91.5 Å².